The Morgan fingerprint density at radius 2 is 1.97 bits per heavy atom. The Hall–Kier alpha value is -3.94. The van der Waals surface area contributed by atoms with Crippen molar-refractivity contribution in [1.29, 1.82) is 0 Å². The van der Waals surface area contributed by atoms with Gasteiger partial charge >= 0.3 is 0 Å². The van der Waals surface area contributed by atoms with Gasteiger partial charge in [-0.25, -0.2) is 4.98 Å². The highest BCUT2D eigenvalue weighted by Gasteiger charge is 2.30. The minimum Gasteiger partial charge on any atom is -0.359 e. The Morgan fingerprint density at radius 1 is 1.16 bits per heavy atom. The number of benzene rings is 1. The summed E-state index contributed by atoms with van der Waals surface area (Å²) in [5, 5.41) is 10.4. The predicted octanol–water partition coefficient (Wildman–Crippen LogP) is 3.56. The smallest absolute Gasteiger partial charge is 0.275 e. The Balaban J connectivity index is 1.39. The summed E-state index contributed by atoms with van der Waals surface area (Å²) in [6.07, 6.45) is 0.586. The number of anilines is 1. The second-order valence-corrected chi connectivity index (χ2v) is 7.81. The van der Waals surface area contributed by atoms with Gasteiger partial charge in [-0.15, -0.1) is 0 Å². The lowest BCUT2D eigenvalue weighted by atomic mass is 10.1. The molecule has 1 aliphatic rings. The van der Waals surface area contributed by atoms with Crippen molar-refractivity contribution in [3.63, 3.8) is 0 Å². The molecule has 31 heavy (non-hydrogen) atoms. The van der Waals surface area contributed by atoms with Crippen LogP contribution >= 0.6 is 0 Å². The van der Waals surface area contributed by atoms with Crippen LogP contribution in [0.25, 0.3) is 11.0 Å². The third-order valence-corrected chi connectivity index (χ3v) is 5.66. The normalized spacial score (nSPS) is 17.9. The molecule has 0 aliphatic carbocycles. The zero-order chi connectivity index (χ0) is 21.5. The highest BCUT2D eigenvalue weighted by Crippen LogP contribution is 2.28. The maximum Gasteiger partial charge on any atom is 0.275 e. The van der Waals surface area contributed by atoms with Crippen molar-refractivity contribution in [3.8, 4) is 0 Å². The molecular weight excluding hydrogens is 394 g/mol. The molecule has 2 N–H and O–H groups in total. The average Bonchev–Trinajstić information content (AvgIpc) is 3.37. The monoisotopic (exact) mass is 415 g/mol. The number of nitrogens with zero attached hydrogens (tertiary/aromatic N) is 3. The zero-order valence-electron chi connectivity index (χ0n) is 17.1. The van der Waals surface area contributed by atoms with Crippen LogP contribution in [-0.4, -0.2) is 32.6 Å². The molecule has 0 spiro atoms. The fraction of sp³-hybridized carbons (Fsp3) is 0.217. The average molecular weight is 415 g/mol. The van der Waals surface area contributed by atoms with Crippen molar-refractivity contribution >= 4 is 28.7 Å². The summed E-state index contributed by atoms with van der Waals surface area (Å²) >= 11 is 0. The fourth-order valence-corrected chi connectivity index (χ4v) is 3.87. The van der Waals surface area contributed by atoms with E-state index in [0.29, 0.717) is 29.3 Å². The van der Waals surface area contributed by atoms with Crippen molar-refractivity contribution in [2.45, 2.75) is 32.4 Å². The van der Waals surface area contributed by atoms with Crippen LogP contribution in [0.2, 0.25) is 0 Å². The molecule has 156 valence electrons. The predicted molar refractivity (Wildman–Crippen MR) is 115 cm³/mol. The van der Waals surface area contributed by atoms with Gasteiger partial charge in [0.15, 0.2) is 5.82 Å². The number of pyridine rings is 1. The number of fused-ring (bicyclic) bond motifs is 3. The fourth-order valence-electron chi connectivity index (χ4n) is 3.87. The van der Waals surface area contributed by atoms with E-state index in [1.165, 1.54) is 0 Å². The van der Waals surface area contributed by atoms with E-state index >= 15 is 0 Å². The zero-order valence-corrected chi connectivity index (χ0v) is 17.1. The number of hydrogen-bond donors (Lipinski definition) is 2. The van der Waals surface area contributed by atoms with Gasteiger partial charge in [0.25, 0.3) is 11.8 Å². The lowest BCUT2D eigenvalue weighted by Gasteiger charge is -2.29. The molecule has 0 radical (unpaired) electrons. The molecule has 0 fully saturated rings. The molecule has 8 heteroatoms. The van der Waals surface area contributed by atoms with Crippen molar-refractivity contribution < 1.29 is 14.1 Å². The summed E-state index contributed by atoms with van der Waals surface area (Å²) in [6, 6.07) is 16.8. The van der Waals surface area contributed by atoms with Gasteiger partial charge in [0, 0.05) is 23.9 Å². The van der Waals surface area contributed by atoms with Crippen LogP contribution in [0.5, 0.6) is 0 Å². The molecule has 4 aromatic rings. The van der Waals surface area contributed by atoms with Crippen LogP contribution < -0.4 is 10.6 Å². The van der Waals surface area contributed by atoms with Gasteiger partial charge in [0.1, 0.15) is 22.8 Å². The van der Waals surface area contributed by atoms with Gasteiger partial charge in [-0.2, -0.15) is 0 Å². The lowest BCUT2D eigenvalue weighted by molar-refractivity contribution is 0.0891. The minimum atomic E-state index is -0.391. The number of hydrogen-bond acceptors (Lipinski definition) is 5. The molecule has 0 saturated heterocycles. The Morgan fingerprint density at radius 3 is 2.77 bits per heavy atom. The van der Waals surface area contributed by atoms with E-state index < -0.39 is 5.91 Å². The van der Waals surface area contributed by atoms with E-state index in [-0.39, 0.29) is 23.7 Å². The number of rotatable bonds is 4. The van der Waals surface area contributed by atoms with Crippen molar-refractivity contribution in [3.05, 3.63) is 77.3 Å². The molecule has 5 rings (SSSR count). The first-order chi connectivity index (χ1) is 15.0. The van der Waals surface area contributed by atoms with Gasteiger partial charge in [-0.1, -0.05) is 35.5 Å². The van der Waals surface area contributed by atoms with E-state index in [9.17, 15) is 9.59 Å². The minimum absolute atomic E-state index is 0.0205. The van der Waals surface area contributed by atoms with E-state index in [4.69, 9.17) is 4.52 Å². The molecule has 1 aromatic carbocycles. The number of amides is 2. The first-order valence-electron chi connectivity index (χ1n) is 10.1. The molecule has 8 nitrogen and oxygen atoms in total. The van der Waals surface area contributed by atoms with Gasteiger partial charge in [0.05, 0.1) is 6.04 Å². The van der Waals surface area contributed by atoms with Crippen LogP contribution in [-0.2, 0) is 6.42 Å². The number of carbonyl (C=O) groups excluding carboxylic acids is 2. The maximum atomic E-state index is 12.8. The van der Waals surface area contributed by atoms with Gasteiger partial charge < -0.3 is 19.7 Å². The van der Waals surface area contributed by atoms with E-state index in [1.807, 2.05) is 48.7 Å². The molecule has 3 aromatic heterocycles. The molecule has 0 saturated carbocycles. The van der Waals surface area contributed by atoms with Crippen LogP contribution in [0.3, 0.4) is 0 Å². The van der Waals surface area contributed by atoms with Crippen LogP contribution in [0.4, 0.5) is 5.82 Å². The number of nitrogens with one attached hydrogen (secondary N) is 2. The SMILES string of the molecule is C[C@@H]1NC(=O)c2cc3ccc(C(=O)Nc4cc(Cc5ccccc5)on4)nc3n2[C@@H]1C. The summed E-state index contributed by atoms with van der Waals surface area (Å²) in [5.41, 5.74) is 2.50. The Bertz CT molecular complexity index is 1290. The molecular formula is C23H21N5O3. The van der Waals surface area contributed by atoms with Crippen molar-refractivity contribution in [2.75, 3.05) is 5.32 Å². The Labute approximate surface area is 178 Å². The highest BCUT2D eigenvalue weighted by atomic mass is 16.5. The lowest BCUT2D eigenvalue weighted by Crippen LogP contribution is -2.44. The molecule has 1 aliphatic heterocycles. The van der Waals surface area contributed by atoms with Gasteiger partial charge in [-0.05, 0) is 37.6 Å². The number of aromatic nitrogens is 3. The highest BCUT2D eigenvalue weighted by molar-refractivity contribution is 6.04. The maximum absolute atomic E-state index is 12.8. The van der Waals surface area contributed by atoms with Gasteiger partial charge in [-0.3, -0.25) is 9.59 Å². The standard InChI is InChI=1S/C23H21N5O3/c1-13-14(2)28-19(23(30)24-13)11-16-8-9-18(25-21(16)28)22(29)26-20-12-17(31-27-20)10-15-6-4-3-5-7-15/h3-9,11-14H,10H2,1-2H3,(H,24,30)(H,26,27,29)/t13-,14+/m0/s1. The third kappa shape index (κ3) is 3.46. The second kappa shape index (κ2) is 7.39. The largest absolute Gasteiger partial charge is 0.359 e. The summed E-state index contributed by atoms with van der Waals surface area (Å²) in [4.78, 5) is 29.7. The van der Waals surface area contributed by atoms with Gasteiger partial charge in [0.2, 0.25) is 0 Å². The first-order valence-corrected chi connectivity index (χ1v) is 10.1. The molecule has 2 amide bonds. The molecule has 2 atom stereocenters. The first kappa shape index (κ1) is 19.0. The Kier molecular flexibility index (Phi) is 4.54. The van der Waals surface area contributed by atoms with Crippen LogP contribution in [0, 0.1) is 0 Å². The molecule has 4 heterocycles. The summed E-state index contributed by atoms with van der Waals surface area (Å²) in [6.45, 7) is 3.97. The molecule has 0 bridgehead atoms. The van der Waals surface area contributed by atoms with E-state index in [0.717, 1.165) is 10.9 Å². The van der Waals surface area contributed by atoms with Crippen LogP contribution in [0.1, 0.15) is 52.2 Å². The van der Waals surface area contributed by atoms with Crippen molar-refractivity contribution in [2.24, 2.45) is 0 Å². The molecule has 0 unspecified atom stereocenters. The number of carbonyl (C=O) groups is 2. The summed E-state index contributed by atoms with van der Waals surface area (Å²) in [5.74, 6) is 0.455. The van der Waals surface area contributed by atoms with Crippen molar-refractivity contribution in [1.82, 2.24) is 20.0 Å². The third-order valence-electron chi connectivity index (χ3n) is 5.66. The summed E-state index contributed by atoms with van der Waals surface area (Å²) in [7, 11) is 0. The summed E-state index contributed by atoms with van der Waals surface area (Å²) < 4.78 is 7.23. The topological polar surface area (TPSA) is 102 Å². The van der Waals surface area contributed by atoms with E-state index in [1.54, 1.807) is 24.3 Å². The quantitative estimate of drug-likeness (QED) is 0.531. The second-order valence-electron chi connectivity index (χ2n) is 7.81. The van der Waals surface area contributed by atoms with E-state index in [2.05, 4.69) is 20.8 Å². The van der Waals surface area contributed by atoms with Crippen LogP contribution in [0.15, 0.2) is 59.1 Å².